The second kappa shape index (κ2) is 5.43. The van der Waals surface area contributed by atoms with Crippen LogP contribution >= 0.6 is 0 Å². The number of hydrogen-bond donors (Lipinski definition) is 0. The van der Waals surface area contributed by atoms with Gasteiger partial charge in [0.05, 0.1) is 5.69 Å². The molecule has 104 valence electrons. The SMILES string of the molecule is CN1CCCN(c2ncnc3c2CN(C)CC3)CC1. The van der Waals surface area contributed by atoms with E-state index in [1.165, 1.54) is 30.0 Å². The predicted octanol–water partition coefficient (Wildman–Crippen LogP) is 0.606. The third-order valence-electron chi connectivity index (χ3n) is 4.19. The normalized spacial score (nSPS) is 22.1. The molecule has 0 unspecified atom stereocenters. The Hall–Kier alpha value is -1.20. The van der Waals surface area contributed by atoms with Crippen molar-refractivity contribution in [3.63, 3.8) is 0 Å². The van der Waals surface area contributed by atoms with Crippen LogP contribution in [0.4, 0.5) is 5.82 Å². The van der Waals surface area contributed by atoms with Gasteiger partial charge in [-0.05, 0) is 27.1 Å². The number of anilines is 1. The van der Waals surface area contributed by atoms with E-state index in [1.807, 2.05) is 0 Å². The van der Waals surface area contributed by atoms with E-state index in [2.05, 4.69) is 38.8 Å². The molecule has 0 aromatic carbocycles. The molecular formula is C14H23N5. The highest BCUT2D eigenvalue weighted by molar-refractivity contribution is 5.49. The molecule has 0 amide bonds. The van der Waals surface area contributed by atoms with Gasteiger partial charge in [0.2, 0.25) is 0 Å². The first-order valence-electron chi connectivity index (χ1n) is 7.19. The second-order valence-corrected chi connectivity index (χ2v) is 5.75. The van der Waals surface area contributed by atoms with Crippen molar-refractivity contribution in [1.29, 1.82) is 0 Å². The predicted molar refractivity (Wildman–Crippen MR) is 76.4 cm³/mol. The van der Waals surface area contributed by atoms with E-state index in [9.17, 15) is 0 Å². The van der Waals surface area contributed by atoms with Gasteiger partial charge in [-0.1, -0.05) is 0 Å². The van der Waals surface area contributed by atoms with E-state index >= 15 is 0 Å². The van der Waals surface area contributed by atoms with Crippen molar-refractivity contribution in [2.45, 2.75) is 19.4 Å². The summed E-state index contributed by atoms with van der Waals surface area (Å²) < 4.78 is 0. The quantitative estimate of drug-likeness (QED) is 0.740. The minimum Gasteiger partial charge on any atom is -0.355 e. The van der Waals surface area contributed by atoms with Gasteiger partial charge in [0.15, 0.2) is 0 Å². The van der Waals surface area contributed by atoms with Crippen molar-refractivity contribution in [1.82, 2.24) is 19.8 Å². The van der Waals surface area contributed by atoms with Gasteiger partial charge in [0, 0.05) is 44.7 Å². The molecule has 0 bridgehead atoms. The van der Waals surface area contributed by atoms with Gasteiger partial charge in [-0.15, -0.1) is 0 Å². The van der Waals surface area contributed by atoms with Gasteiger partial charge in [-0.25, -0.2) is 9.97 Å². The van der Waals surface area contributed by atoms with Gasteiger partial charge in [0.1, 0.15) is 12.1 Å². The second-order valence-electron chi connectivity index (χ2n) is 5.75. The highest BCUT2D eigenvalue weighted by Gasteiger charge is 2.23. The molecule has 0 atom stereocenters. The molecule has 3 rings (SSSR count). The van der Waals surface area contributed by atoms with Crippen LogP contribution in [0.3, 0.4) is 0 Å². The van der Waals surface area contributed by atoms with Crippen molar-refractivity contribution in [3.05, 3.63) is 17.6 Å². The van der Waals surface area contributed by atoms with Crippen LogP contribution in [-0.4, -0.2) is 66.6 Å². The lowest BCUT2D eigenvalue weighted by molar-refractivity contribution is 0.309. The summed E-state index contributed by atoms with van der Waals surface area (Å²) >= 11 is 0. The summed E-state index contributed by atoms with van der Waals surface area (Å²) in [5.41, 5.74) is 2.60. The maximum absolute atomic E-state index is 4.59. The Labute approximate surface area is 115 Å². The molecule has 0 N–H and O–H groups in total. The molecule has 1 fully saturated rings. The molecule has 0 aliphatic carbocycles. The van der Waals surface area contributed by atoms with Crippen LogP contribution in [0.2, 0.25) is 0 Å². The molecule has 0 spiro atoms. The first kappa shape index (κ1) is 12.8. The molecule has 1 saturated heterocycles. The molecule has 5 nitrogen and oxygen atoms in total. The summed E-state index contributed by atoms with van der Waals surface area (Å²) in [7, 11) is 4.38. The number of aromatic nitrogens is 2. The van der Waals surface area contributed by atoms with E-state index in [4.69, 9.17) is 0 Å². The van der Waals surface area contributed by atoms with Gasteiger partial charge < -0.3 is 14.7 Å². The summed E-state index contributed by atoms with van der Waals surface area (Å²) in [5.74, 6) is 1.17. The topological polar surface area (TPSA) is 35.5 Å². The monoisotopic (exact) mass is 261 g/mol. The van der Waals surface area contributed by atoms with Crippen LogP contribution in [0.1, 0.15) is 17.7 Å². The molecule has 0 saturated carbocycles. The summed E-state index contributed by atoms with van der Waals surface area (Å²) in [5, 5.41) is 0. The standard InChI is InChI=1S/C14H23N5/c1-17-5-3-6-19(9-8-17)14-12-10-18(2)7-4-13(12)15-11-16-14/h11H,3-10H2,1-2H3. The minimum atomic E-state index is 0.984. The first-order valence-corrected chi connectivity index (χ1v) is 7.19. The average molecular weight is 261 g/mol. The maximum Gasteiger partial charge on any atom is 0.136 e. The molecule has 5 heteroatoms. The van der Waals surface area contributed by atoms with Crippen LogP contribution in [0.5, 0.6) is 0 Å². The Kier molecular flexibility index (Phi) is 3.66. The van der Waals surface area contributed by atoms with Gasteiger partial charge in [-0.2, -0.15) is 0 Å². The van der Waals surface area contributed by atoms with E-state index in [0.29, 0.717) is 0 Å². The zero-order valence-corrected chi connectivity index (χ0v) is 12.0. The number of rotatable bonds is 1. The Morgan fingerprint density at radius 3 is 2.74 bits per heavy atom. The van der Waals surface area contributed by atoms with E-state index < -0.39 is 0 Å². The highest BCUT2D eigenvalue weighted by Crippen LogP contribution is 2.25. The Morgan fingerprint density at radius 2 is 1.84 bits per heavy atom. The minimum absolute atomic E-state index is 0.984. The summed E-state index contributed by atoms with van der Waals surface area (Å²) in [6.45, 7) is 6.57. The Balaban J connectivity index is 1.88. The van der Waals surface area contributed by atoms with E-state index in [0.717, 1.165) is 39.1 Å². The smallest absolute Gasteiger partial charge is 0.136 e. The third kappa shape index (κ3) is 2.72. The van der Waals surface area contributed by atoms with Crippen molar-refractivity contribution in [2.75, 3.05) is 51.7 Å². The molecule has 1 aromatic rings. The fourth-order valence-electron chi connectivity index (χ4n) is 2.99. The summed E-state index contributed by atoms with van der Waals surface area (Å²) in [4.78, 5) is 16.3. The van der Waals surface area contributed by atoms with Crippen LogP contribution in [0, 0.1) is 0 Å². The van der Waals surface area contributed by atoms with Crippen LogP contribution in [0.15, 0.2) is 6.33 Å². The fourth-order valence-corrected chi connectivity index (χ4v) is 2.99. The lowest BCUT2D eigenvalue weighted by Crippen LogP contribution is -2.34. The number of nitrogens with zero attached hydrogens (tertiary/aromatic N) is 5. The van der Waals surface area contributed by atoms with Gasteiger partial charge in [-0.3, -0.25) is 0 Å². The van der Waals surface area contributed by atoms with Crippen molar-refractivity contribution < 1.29 is 0 Å². The molecular weight excluding hydrogens is 238 g/mol. The maximum atomic E-state index is 4.59. The fraction of sp³-hybridized carbons (Fsp3) is 0.714. The van der Waals surface area contributed by atoms with Crippen molar-refractivity contribution in [3.8, 4) is 0 Å². The molecule has 0 radical (unpaired) electrons. The molecule has 3 heterocycles. The largest absolute Gasteiger partial charge is 0.355 e. The summed E-state index contributed by atoms with van der Waals surface area (Å²) in [6, 6.07) is 0. The van der Waals surface area contributed by atoms with Crippen LogP contribution < -0.4 is 4.90 Å². The zero-order chi connectivity index (χ0) is 13.2. The lowest BCUT2D eigenvalue weighted by atomic mass is 10.1. The van der Waals surface area contributed by atoms with Gasteiger partial charge in [0.25, 0.3) is 0 Å². The molecule has 19 heavy (non-hydrogen) atoms. The van der Waals surface area contributed by atoms with E-state index in [-0.39, 0.29) is 0 Å². The van der Waals surface area contributed by atoms with E-state index in [1.54, 1.807) is 6.33 Å². The van der Waals surface area contributed by atoms with Crippen LogP contribution in [-0.2, 0) is 13.0 Å². The zero-order valence-electron chi connectivity index (χ0n) is 12.0. The first-order chi connectivity index (χ1) is 9.24. The molecule has 2 aliphatic heterocycles. The number of hydrogen-bond acceptors (Lipinski definition) is 5. The summed E-state index contributed by atoms with van der Waals surface area (Å²) in [6.07, 6.45) is 4.01. The number of fused-ring (bicyclic) bond motifs is 1. The van der Waals surface area contributed by atoms with Crippen LogP contribution in [0.25, 0.3) is 0 Å². The van der Waals surface area contributed by atoms with Crippen molar-refractivity contribution in [2.24, 2.45) is 0 Å². The lowest BCUT2D eigenvalue weighted by Gasteiger charge is -2.30. The molecule has 2 aliphatic rings. The Bertz CT molecular complexity index is 447. The molecule has 1 aromatic heterocycles. The third-order valence-corrected chi connectivity index (χ3v) is 4.19. The van der Waals surface area contributed by atoms with Crippen molar-refractivity contribution >= 4 is 5.82 Å². The van der Waals surface area contributed by atoms with Gasteiger partial charge >= 0.3 is 0 Å². The average Bonchev–Trinajstić information content (AvgIpc) is 2.63. The highest BCUT2D eigenvalue weighted by atomic mass is 15.2. The Morgan fingerprint density at radius 1 is 0.947 bits per heavy atom. The number of likely N-dealkylation sites (N-methyl/N-ethyl adjacent to an activating group) is 2.